The van der Waals surface area contributed by atoms with E-state index in [4.69, 9.17) is 14.2 Å². The van der Waals surface area contributed by atoms with Crippen LogP contribution in [0.3, 0.4) is 0 Å². The molecule has 0 unspecified atom stereocenters. The maximum atomic E-state index is 5.80. The molecule has 0 amide bonds. The number of anilines is 1. The Balaban J connectivity index is 1.36. The Labute approximate surface area is 173 Å². The standard InChI is InChI=1S/C25H29NO3/c1-20(2)21-11-13-24(14-12-21)27-16-15-26-22-7-6-10-25(19-22)29-18-17-28-23-8-4-3-5-9-23/h3-14,19-20,26H,15-18H2,1-2H3. The number of para-hydroxylation sites is 1. The Bertz CT molecular complexity index is 847. The van der Waals surface area contributed by atoms with Crippen LogP contribution < -0.4 is 19.5 Å². The van der Waals surface area contributed by atoms with E-state index in [0.29, 0.717) is 32.3 Å². The van der Waals surface area contributed by atoms with E-state index in [-0.39, 0.29) is 0 Å². The van der Waals surface area contributed by atoms with Gasteiger partial charge in [-0.2, -0.15) is 0 Å². The van der Waals surface area contributed by atoms with Gasteiger partial charge in [-0.15, -0.1) is 0 Å². The van der Waals surface area contributed by atoms with Gasteiger partial charge in [0.25, 0.3) is 0 Å². The predicted molar refractivity (Wildman–Crippen MR) is 118 cm³/mol. The van der Waals surface area contributed by atoms with Crippen molar-refractivity contribution in [1.82, 2.24) is 0 Å². The minimum atomic E-state index is 0.494. The highest BCUT2D eigenvalue weighted by Crippen LogP contribution is 2.19. The lowest BCUT2D eigenvalue weighted by Crippen LogP contribution is -2.12. The molecule has 0 atom stereocenters. The smallest absolute Gasteiger partial charge is 0.122 e. The fraction of sp³-hybridized carbons (Fsp3) is 0.280. The molecule has 0 heterocycles. The number of ether oxygens (including phenoxy) is 3. The lowest BCUT2D eigenvalue weighted by atomic mass is 10.0. The Hall–Kier alpha value is -3.14. The molecule has 0 radical (unpaired) electrons. The van der Waals surface area contributed by atoms with Crippen LogP contribution in [0.4, 0.5) is 5.69 Å². The van der Waals surface area contributed by atoms with Gasteiger partial charge in [0.1, 0.15) is 37.1 Å². The number of rotatable bonds is 11. The van der Waals surface area contributed by atoms with Gasteiger partial charge in [-0.3, -0.25) is 0 Å². The van der Waals surface area contributed by atoms with Crippen LogP contribution in [0.1, 0.15) is 25.3 Å². The molecule has 0 aliphatic carbocycles. The van der Waals surface area contributed by atoms with Crippen LogP contribution in [-0.4, -0.2) is 26.4 Å². The molecule has 0 saturated heterocycles. The normalized spacial score (nSPS) is 10.6. The van der Waals surface area contributed by atoms with E-state index in [2.05, 4.69) is 31.3 Å². The molecule has 4 nitrogen and oxygen atoms in total. The largest absolute Gasteiger partial charge is 0.492 e. The summed E-state index contributed by atoms with van der Waals surface area (Å²) in [7, 11) is 0. The third-order valence-electron chi connectivity index (χ3n) is 4.44. The summed E-state index contributed by atoms with van der Waals surface area (Å²) in [4.78, 5) is 0. The molecule has 0 aliphatic heterocycles. The number of benzene rings is 3. The third kappa shape index (κ3) is 7.07. The van der Waals surface area contributed by atoms with Crippen LogP contribution in [0.5, 0.6) is 17.2 Å². The van der Waals surface area contributed by atoms with Gasteiger partial charge in [-0.05, 0) is 47.9 Å². The first-order valence-electron chi connectivity index (χ1n) is 10.1. The second kappa shape index (κ2) is 11.0. The molecule has 0 bridgehead atoms. The molecular formula is C25H29NO3. The molecule has 152 valence electrons. The lowest BCUT2D eigenvalue weighted by molar-refractivity contribution is 0.217. The summed E-state index contributed by atoms with van der Waals surface area (Å²) in [6.45, 7) is 6.68. The van der Waals surface area contributed by atoms with Gasteiger partial charge in [0.2, 0.25) is 0 Å². The fourth-order valence-electron chi connectivity index (χ4n) is 2.84. The average molecular weight is 392 g/mol. The monoisotopic (exact) mass is 391 g/mol. The highest BCUT2D eigenvalue weighted by molar-refractivity contribution is 5.48. The number of hydrogen-bond acceptors (Lipinski definition) is 4. The summed E-state index contributed by atoms with van der Waals surface area (Å²) in [6, 6.07) is 26.0. The highest BCUT2D eigenvalue weighted by Gasteiger charge is 2.01. The van der Waals surface area contributed by atoms with Crippen LogP contribution in [-0.2, 0) is 0 Å². The summed E-state index contributed by atoms with van der Waals surface area (Å²) in [5.74, 6) is 3.10. The van der Waals surface area contributed by atoms with E-state index in [1.54, 1.807) is 0 Å². The first-order chi connectivity index (χ1) is 14.2. The van der Waals surface area contributed by atoms with Crippen LogP contribution in [0, 0.1) is 0 Å². The van der Waals surface area contributed by atoms with Crippen LogP contribution in [0.15, 0.2) is 78.9 Å². The second-order valence-electron chi connectivity index (χ2n) is 7.04. The summed E-state index contributed by atoms with van der Waals surface area (Å²) < 4.78 is 17.2. The van der Waals surface area contributed by atoms with Crippen molar-refractivity contribution in [2.45, 2.75) is 19.8 Å². The topological polar surface area (TPSA) is 39.7 Å². The molecule has 3 aromatic carbocycles. The quantitative estimate of drug-likeness (QED) is 0.422. The van der Waals surface area contributed by atoms with Crippen LogP contribution >= 0.6 is 0 Å². The predicted octanol–water partition coefficient (Wildman–Crippen LogP) is 5.76. The summed E-state index contributed by atoms with van der Waals surface area (Å²) >= 11 is 0. The molecule has 4 heteroatoms. The molecule has 3 aromatic rings. The molecule has 29 heavy (non-hydrogen) atoms. The minimum absolute atomic E-state index is 0.494. The molecular weight excluding hydrogens is 362 g/mol. The maximum absolute atomic E-state index is 5.80. The van der Waals surface area contributed by atoms with Gasteiger partial charge < -0.3 is 19.5 Å². The van der Waals surface area contributed by atoms with Crippen molar-refractivity contribution < 1.29 is 14.2 Å². The zero-order valence-corrected chi connectivity index (χ0v) is 17.1. The van der Waals surface area contributed by atoms with E-state index in [1.807, 2.05) is 66.7 Å². The molecule has 0 aliphatic rings. The average Bonchev–Trinajstić information content (AvgIpc) is 2.76. The van der Waals surface area contributed by atoms with Gasteiger partial charge >= 0.3 is 0 Å². The molecule has 0 aromatic heterocycles. The summed E-state index contributed by atoms with van der Waals surface area (Å²) in [5.41, 5.74) is 2.33. The minimum Gasteiger partial charge on any atom is -0.492 e. The Kier molecular flexibility index (Phi) is 7.81. The van der Waals surface area contributed by atoms with Crippen molar-refractivity contribution in [2.75, 3.05) is 31.7 Å². The lowest BCUT2D eigenvalue weighted by Gasteiger charge is -2.12. The van der Waals surface area contributed by atoms with Crippen molar-refractivity contribution in [3.8, 4) is 17.2 Å². The fourth-order valence-corrected chi connectivity index (χ4v) is 2.84. The maximum Gasteiger partial charge on any atom is 0.122 e. The molecule has 0 spiro atoms. The summed E-state index contributed by atoms with van der Waals surface area (Å²) in [6.07, 6.45) is 0. The summed E-state index contributed by atoms with van der Waals surface area (Å²) in [5, 5.41) is 3.36. The van der Waals surface area contributed by atoms with E-state index in [0.717, 1.165) is 22.9 Å². The SMILES string of the molecule is CC(C)c1ccc(OCCNc2cccc(OCCOc3ccccc3)c2)cc1. The molecule has 1 N–H and O–H groups in total. The van der Waals surface area contributed by atoms with Gasteiger partial charge in [0, 0.05) is 18.3 Å². The molecule has 0 saturated carbocycles. The van der Waals surface area contributed by atoms with Crippen LogP contribution in [0.2, 0.25) is 0 Å². The Morgan fingerprint density at radius 2 is 1.28 bits per heavy atom. The van der Waals surface area contributed by atoms with Crippen molar-refractivity contribution in [2.24, 2.45) is 0 Å². The van der Waals surface area contributed by atoms with Crippen molar-refractivity contribution >= 4 is 5.69 Å². The highest BCUT2D eigenvalue weighted by atomic mass is 16.5. The first-order valence-corrected chi connectivity index (χ1v) is 10.1. The Morgan fingerprint density at radius 1 is 0.655 bits per heavy atom. The van der Waals surface area contributed by atoms with Gasteiger partial charge in [0.15, 0.2) is 0 Å². The van der Waals surface area contributed by atoms with E-state index < -0.39 is 0 Å². The van der Waals surface area contributed by atoms with E-state index >= 15 is 0 Å². The van der Waals surface area contributed by atoms with Crippen LogP contribution in [0.25, 0.3) is 0 Å². The molecule has 3 rings (SSSR count). The number of nitrogens with one attached hydrogen (secondary N) is 1. The van der Waals surface area contributed by atoms with Crippen molar-refractivity contribution in [3.63, 3.8) is 0 Å². The zero-order chi connectivity index (χ0) is 20.3. The third-order valence-corrected chi connectivity index (χ3v) is 4.44. The van der Waals surface area contributed by atoms with Crippen molar-refractivity contribution in [1.29, 1.82) is 0 Å². The number of hydrogen-bond donors (Lipinski definition) is 1. The molecule has 0 fully saturated rings. The van der Waals surface area contributed by atoms with Crippen molar-refractivity contribution in [3.05, 3.63) is 84.4 Å². The zero-order valence-electron chi connectivity index (χ0n) is 17.1. The van der Waals surface area contributed by atoms with E-state index in [9.17, 15) is 0 Å². The second-order valence-corrected chi connectivity index (χ2v) is 7.04. The first kappa shape index (κ1) is 20.6. The Morgan fingerprint density at radius 3 is 2.00 bits per heavy atom. The van der Waals surface area contributed by atoms with Gasteiger partial charge in [-0.25, -0.2) is 0 Å². The van der Waals surface area contributed by atoms with Gasteiger partial charge in [-0.1, -0.05) is 50.2 Å². The van der Waals surface area contributed by atoms with E-state index in [1.165, 1.54) is 5.56 Å². The van der Waals surface area contributed by atoms with Gasteiger partial charge in [0.05, 0.1) is 0 Å².